The smallest absolute Gasteiger partial charge is 0.249 e. The number of rotatable bonds is 5. The number of fused-ring (bicyclic) bond motifs is 2. The number of carbonyl (C=O) groups excluding carboxylic acids is 1. The Morgan fingerprint density at radius 2 is 1.97 bits per heavy atom. The first kappa shape index (κ1) is 18.7. The number of thiophene rings is 1. The fourth-order valence-electron chi connectivity index (χ4n) is 3.83. The maximum absolute atomic E-state index is 11.8. The van der Waals surface area contributed by atoms with Crippen LogP contribution in [-0.4, -0.2) is 22.4 Å². The van der Waals surface area contributed by atoms with E-state index in [9.17, 15) is 4.79 Å². The van der Waals surface area contributed by atoms with Gasteiger partial charge >= 0.3 is 0 Å². The second-order valence-electron chi connectivity index (χ2n) is 7.28. The van der Waals surface area contributed by atoms with Gasteiger partial charge in [0.2, 0.25) is 5.91 Å². The van der Waals surface area contributed by atoms with Crippen molar-refractivity contribution in [1.82, 2.24) is 15.3 Å². The molecule has 4 N–H and O–H groups in total. The summed E-state index contributed by atoms with van der Waals surface area (Å²) in [6, 6.07) is 15.9. The molecule has 6 nitrogen and oxygen atoms in total. The molecule has 1 aliphatic rings. The molecule has 0 saturated heterocycles. The summed E-state index contributed by atoms with van der Waals surface area (Å²) < 4.78 is 0. The van der Waals surface area contributed by atoms with E-state index in [1.54, 1.807) is 17.4 Å². The van der Waals surface area contributed by atoms with E-state index >= 15 is 0 Å². The number of nitrogens with one attached hydrogen (secondary N) is 2. The zero-order chi connectivity index (χ0) is 20.5. The number of primary amides is 1. The van der Waals surface area contributed by atoms with Crippen molar-refractivity contribution in [2.45, 2.75) is 19.5 Å². The summed E-state index contributed by atoms with van der Waals surface area (Å²) in [5.41, 5.74) is 9.48. The first-order valence-electron chi connectivity index (χ1n) is 9.89. The molecule has 0 fully saturated rings. The summed E-state index contributed by atoms with van der Waals surface area (Å²) in [5, 5.41) is 10.7. The predicted molar refractivity (Wildman–Crippen MR) is 121 cm³/mol. The van der Waals surface area contributed by atoms with Gasteiger partial charge in [-0.2, -0.15) is 0 Å². The molecule has 1 amide bonds. The third-order valence-electron chi connectivity index (χ3n) is 5.35. The molecule has 2 aromatic carbocycles. The van der Waals surface area contributed by atoms with Gasteiger partial charge in [-0.05, 0) is 11.6 Å². The molecular weight excluding hydrogens is 394 g/mol. The van der Waals surface area contributed by atoms with Gasteiger partial charge in [0.15, 0.2) is 5.82 Å². The first-order valence-corrected chi connectivity index (χ1v) is 10.8. The third-order valence-corrected chi connectivity index (χ3v) is 6.34. The topological polar surface area (TPSA) is 92.9 Å². The largest absolute Gasteiger partial charge is 0.366 e. The molecule has 150 valence electrons. The number of anilines is 1. The van der Waals surface area contributed by atoms with Crippen LogP contribution in [-0.2, 0) is 19.5 Å². The average Bonchev–Trinajstić information content (AvgIpc) is 3.22. The van der Waals surface area contributed by atoms with Gasteiger partial charge in [-0.25, -0.2) is 9.97 Å². The summed E-state index contributed by atoms with van der Waals surface area (Å²) >= 11 is 1.55. The quantitative estimate of drug-likeness (QED) is 0.462. The lowest BCUT2D eigenvalue weighted by Crippen LogP contribution is -2.26. The van der Waals surface area contributed by atoms with E-state index < -0.39 is 5.91 Å². The Balaban J connectivity index is 1.58. The highest BCUT2D eigenvalue weighted by molar-refractivity contribution is 7.15. The molecule has 7 heteroatoms. The summed E-state index contributed by atoms with van der Waals surface area (Å²) in [5.74, 6) is 1.12. The lowest BCUT2D eigenvalue weighted by Gasteiger charge is -2.20. The molecule has 3 heterocycles. The van der Waals surface area contributed by atoms with E-state index in [0.29, 0.717) is 17.9 Å². The highest BCUT2D eigenvalue weighted by atomic mass is 32.1. The van der Waals surface area contributed by atoms with Crippen molar-refractivity contribution in [3.8, 4) is 10.7 Å². The molecule has 4 aromatic rings. The predicted octanol–water partition coefficient (Wildman–Crippen LogP) is 3.72. The van der Waals surface area contributed by atoms with Crippen LogP contribution in [0.3, 0.4) is 0 Å². The van der Waals surface area contributed by atoms with Crippen molar-refractivity contribution in [1.29, 1.82) is 0 Å². The number of benzene rings is 2. The van der Waals surface area contributed by atoms with E-state index in [2.05, 4.69) is 22.8 Å². The number of aromatic nitrogens is 2. The monoisotopic (exact) mass is 415 g/mol. The Morgan fingerprint density at radius 3 is 2.80 bits per heavy atom. The van der Waals surface area contributed by atoms with Crippen LogP contribution in [0.4, 0.5) is 5.82 Å². The standard InChI is InChI=1S/C23H21N5OS/c24-21(29)16-8-4-7-15-18(16)13-30-20(15)23-27-19-9-10-25-12-17(19)22(28-23)26-11-14-5-2-1-3-6-14/h1-8,13,25H,9-12H2,(H2,24,29)(H,26,27,28). The number of nitrogens with zero attached hydrogens (tertiary/aromatic N) is 2. The fraction of sp³-hybridized carbons (Fsp3) is 0.174. The SMILES string of the molecule is NC(=O)c1cccc2c(-c3nc4c(c(NCc5ccccc5)n3)CNCC4)scc12. The zero-order valence-electron chi connectivity index (χ0n) is 16.3. The van der Waals surface area contributed by atoms with Crippen molar-refractivity contribution >= 4 is 33.8 Å². The summed E-state index contributed by atoms with van der Waals surface area (Å²) in [6.07, 6.45) is 0.862. The molecule has 0 saturated carbocycles. The van der Waals surface area contributed by atoms with Gasteiger partial charge in [0.25, 0.3) is 0 Å². The van der Waals surface area contributed by atoms with Crippen LogP contribution in [0.15, 0.2) is 53.9 Å². The first-order chi connectivity index (χ1) is 14.7. The zero-order valence-corrected chi connectivity index (χ0v) is 17.1. The summed E-state index contributed by atoms with van der Waals surface area (Å²) in [6.45, 7) is 2.35. The molecule has 5 rings (SSSR count). The number of amides is 1. The van der Waals surface area contributed by atoms with Crippen LogP contribution in [0.1, 0.15) is 27.2 Å². The Morgan fingerprint density at radius 1 is 1.10 bits per heavy atom. The normalized spacial score (nSPS) is 13.2. The van der Waals surface area contributed by atoms with Gasteiger partial charge in [-0.3, -0.25) is 4.79 Å². The van der Waals surface area contributed by atoms with Crippen LogP contribution in [0.2, 0.25) is 0 Å². The summed E-state index contributed by atoms with van der Waals surface area (Å²) in [4.78, 5) is 22.6. The molecule has 0 spiro atoms. The highest BCUT2D eigenvalue weighted by Crippen LogP contribution is 2.36. The van der Waals surface area contributed by atoms with Crippen LogP contribution in [0, 0.1) is 0 Å². The fourth-order valence-corrected chi connectivity index (χ4v) is 4.82. The minimum atomic E-state index is -0.424. The molecule has 0 unspecified atom stereocenters. The van der Waals surface area contributed by atoms with Crippen molar-refractivity contribution in [2.24, 2.45) is 5.73 Å². The van der Waals surface area contributed by atoms with Gasteiger partial charge in [-0.1, -0.05) is 42.5 Å². The number of nitrogens with two attached hydrogens (primary N) is 1. The van der Waals surface area contributed by atoms with Crippen molar-refractivity contribution in [3.63, 3.8) is 0 Å². The molecule has 0 atom stereocenters. The van der Waals surface area contributed by atoms with Crippen molar-refractivity contribution < 1.29 is 4.79 Å². The minimum absolute atomic E-state index is 0.424. The molecule has 30 heavy (non-hydrogen) atoms. The van der Waals surface area contributed by atoms with Crippen LogP contribution in [0.25, 0.3) is 21.5 Å². The van der Waals surface area contributed by atoms with Gasteiger partial charge in [-0.15, -0.1) is 11.3 Å². The number of hydrogen-bond donors (Lipinski definition) is 3. The van der Waals surface area contributed by atoms with Gasteiger partial charge in [0.1, 0.15) is 5.82 Å². The van der Waals surface area contributed by atoms with Crippen molar-refractivity contribution in [3.05, 3.63) is 76.3 Å². The van der Waals surface area contributed by atoms with E-state index in [4.69, 9.17) is 15.7 Å². The molecule has 2 aromatic heterocycles. The van der Waals surface area contributed by atoms with Crippen molar-refractivity contribution in [2.75, 3.05) is 11.9 Å². The second-order valence-corrected chi connectivity index (χ2v) is 8.16. The van der Waals surface area contributed by atoms with Crippen LogP contribution >= 0.6 is 11.3 Å². The highest BCUT2D eigenvalue weighted by Gasteiger charge is 2.21. The van der Waals surface area contributed by atoms with Gasteiger partial charge in [0.05, 0.1) is 10.6 Å². The Bertz CT molecular complexity index is 1240. The number of hydrogen-bond acceptors (Lipinski definition) is 6. The Kier molecular flexibility index (Phi) is 4.90. The Labute approximate surface area is 178 Å². The molecule has 0 bridgehead atoms. The molecule has 0 aliphatic carbocycles. The van der Waals surface area contributed by atoms with E-state index in [0.717, 1.165) is 52.2 Å². The number of carbonyl (C=O) groups is 1. The Hall–Kier alpha value is -3.29. The molecule has 0 radical (unpaired) electrons. The van der Waals surface area contributed by atoms with E-state index in [1.165, 1.54) is 5.56 Å². The second kappa shape index (κ2) is 7.85. The maximum atomic E-state index is 11.8. The lowest BCUT2D eigenvalue weighted by molar-refractivity contribution is 0.100. The third kappa shape index (κ3) is 3.42. The van der Waals surface area contributed by atoms with Crippen LogP contribution < -0.4 is 16.4 Å². The molecular formula is C23H21N5OS. The molecule has 1 aliphatic heterocycles. The van der Waals surface area contributed by atoms with Crippen LogP contribution in [0.5, 0.6) is 0 Å². The maximum Gasteiger partial charge on any atom is 0.249 e. The van der Waals surface area contributed by atoms with E-state index in [1.807, 2.05) is 35.7 Å². The van der Waals surface area contributed by atoms with E-state index in [-0.39, 0.29) is 0 Å². The lowest BCUT2D eigenvalue weighted by atomic mass is 10.1. The van der Waals surface area contributed by atoms with Gasteiger partial charge in [0, 0.05) is 53.3 Å². The van der Waals surface area contributed by atoms with Gasteiger partial charge < -0.3 is 16.4 Å². The summed E-state index contributed by atoms with van der Waals surface area (Å²) in [7, 11) is 0. The minimum Gasteiger partial charge on any atom is -0.366 e. The average molecular weight is 416 g/mol.